The number of nitrogens with zero attached hydrogens (tertiary/aromatic N) is 2. The molecule has 1 N–H and O–H groups in total. The first-order valence-electron chi connectivity index (χ1n) is 6.06. The number of hydrogen-bond donors (Lipinski definition) is 1. The van der Waals surface area contributed by atoms with Crippen LogP contribution in [0.5, 0.6) is 0 Å². The van der Waals surface area contributed by atoms with E-state index in [1.807, 2.05) is 7.05 Å². The lowest BCUT2D eigenvalue weighted by molar-refractivity contribution is 0.206. The monoisotopic (exact) mass is 257 g/mol. The second-order valence-electron chi connectivity index (χ2n) is 4.06. The average Bonchev–Trinajstić information content (AvgIpc) is 2.71. The maximum Gasteiger partial charge on any atom is 0.185 e. The van der Waals surface area contributed by atoms with Crippen molar-refractivity contribution in [2.24, 2.45) is 0 Å². The van der Waals surface area contributed by atoms with E-state index in [2.05, 4.69) is 24.2 Å². The van der Waals surface area contributed by atoms with Crippen molar-refractivity contribution in [2.45, 2.75) is 26.3 Å². The molecule has 0 amide bonds. The maximum atomic E-state index is 5.09. The predicted octanol–water partition coefficient (Wildman–Crippen LogP) is 1.90. The van der Waals surface area contributed by atoms with Crippen LogP contribution in [0, 0.1) is 0 Å². The van der Waals surface area contributed by atoms with Crippen LogP contribution in [0.4, 0.5) is 5.13 Å². The number of likely N-dealkylation sites (N-methyl/N-ethyl adjacent to an activating group) is 1. The van der Waals surface area contributed by atoms with E-state index in [1.54, 1.807) is 18.4 Å². The van der Waals surface area contributed by atoms with Crippen molar-refractivity contribution in [1.82, 2.24) is 10.3 Å². The summed E-state index contributed by atoms with van der Waals surface area (Å²) in [5.74, 6) is 0. The van der Waals surface area contributed by atoms with Crippen LogP contribution in [0.3, 0.4) is 0 Å². The molecule has 1 aromatic rings. The molecule has 0 fully saturated rings. The van der Waals surface area contributed by atoms with Gasteiger partial charge in [-0.05, 0) is 13.5 Å². The summed E-state index contributed by atoms with van der Waals surface area (Å²) in [6.07, 6.45) is 2.20. The van der Waals surface area contributed by atoms with E-state index in [1.165, 1.54) is 10.6 Å². The summed E-state index contributed by atoms with van der Waals surface area (Å²) in [7, 11) is 5.77. The van der Waals surface area contributed by atoms with Gasteiger partial charge in [-0.1, -0.05) is 13.3 Å². The molecule has 0 aliphatic rings. The maximum absolute atomic E-state index is 5.09. The van der Waals surface area contributed by atoms with Crippen LogP contribution in [0.2, 0.25) is 0 Å². The molecule has 5 heteroatoms. The quantitative estimate of drug-likeness (QED) is 0.772. The molecule has 0 saturated heterocycles. The van der Waals surface area contributed by atoms with Gasteiger partial charge in [-0.15, -0.1) is 11.3 Å². The second kappa shape index (κ2) is 7.63. The van der Waals surface area contributed by atoms with Gasteiger partial charge in [-0.2, -0.15) is 0 Å². The predicted molar refractivity (Wildman–Crippen MR) is 74.0 cm³/mol. The number of rotatable bonds is 8. The minimum Gasteiger partial charge on any atom is -0.383 e. The van der Waals surface area contributed by atoms with Gasteiger partial charge in [0.05, 0.1) is 12.3 Å². The summed E-state index contributed by atoms with van der Waals surface area (Å²) >= 11 is 1.78. The van der Waals surface area contributed by atoms with Gasteiger partial charge in [-0.3, -0.25) is 0 Å². The summed E-state index contributed by atoms with van der Waals surface area (Å²) in [5, 5.41) is 4.30. The van der Waals surface area contributed by atoms with Gasteiger partial charge in [0.25, 0.3) is 0 Å². The molecular weight excluding hydrogens is 234 g/mol. The van der Waals surface area contributed by atoms with Crippen molar-refractivity contribution < 1.29 is 4.74 Å². The van der Waals surface area contributed by atoms with Crippen molar-refractivity contribution >= 4 is 16.5 Å². The molecule has 0 bridgehead atoms. The van der Waals surface area contributed by atoms with E-state index in [0.29, 0.717) is 0 Å². The van der Waals surface area contributed by atoms with Crippen molar-refractivity contribution in [3.63, 3.8) is 0 Å². The smallest absolute Gasteiger partial charge is 0.185 e. The summed E-state index contributed by atoms with van der Waals surface area (Å²) < 4.78 is 5.09. The molecule has 4 nitrogen and oxygen atoms in total. The van der Waals surface area contributed by atoms with E-state index in [4.69, 9.17) is 9.72 Å². The van der Waals surface area contributed by atoms with Crippen LogP contribution in [0.15, 0.2) is 0 Å². The fourth-order valence-corrected chi connectivity index (χ4v) is 2.69. The molecule has 17 heavy (non-hydrogen) atoms. The first kappa shape index (κ1) is 14.4. The summed E-state index contributed by atoms with van der Waals surface area (Å²) in [5.41, 5.74) is 1.24. The first-order valence-corrected chi connectivity index (χ1v) is 6.87. The Morgan fingerprint density at radius 1 is 1.47 bits per heavy atom. The summed E-state index contributed by atoms with van der Waals surface area (Å²) in [6, 6.07) is 0. The zero-order valence-corrected chi connectivity index (χ0v) is 12.1. The number of anilines is 1. The molecule has 98 valence electrons. The Balaban J connectivity index is 2.75. The van der Waals surface area contributed by atoms with Gasteiger partial charge in [0.2, 0.25) is 0 Å². The minimum atomic E-state index is 0.737. The fraction of sp³-hybridized carbons (Fsp3) is 0.750. The Kier molecular flexibility index (Phi) is 6.47. The van der Waals surface area contributed by atoms with Gasteiger partial charge in [0.1, 0.15) is 0 Å². The topological polar surface area (TPSA) is 37.4 Å². The lowest BCUT2D eigenvalue weighted by Crippen LogP contribution is -2.21. The Labute approximate surface area is 108 Å². The van der Waals surface area contributed by atoms with Crippen molar-refractivity contribution in [3.05, 3.63) is 10.6 Å². The fourth-order valence-electron chi connectivity index (χ4n) is 1.59. The Morgan fingerprint density at radius 3 is 2.82 bits per heavy atom. The highest BCUT2D eigenvalue weighted by atomic mass is 32.1. The minimum absolute atomic E-state index is 0.737. The number of aromatic nitrogens is 1. The van der Waals surface area contributed by atoms with Crippen molar-refractivity contribution in [3.8, 4) is 0 Å². The number of thiazole rings is 1. The van der Waals surface area contributed by atoms with Crippen molar-refractivity contribution in [1.29, 1.82) is 0 Å². The van der Waals surface area contributed by atoms with Crippen LogP contribution in [-0.4, -0.2) is 39.3 Å². The standard InChI is InChI=1S/C12H23N3OS/c1-5-6-10-11(9-13-2)17-12(14-10)15(3)7-8-16-4/h13H,5-9H2,1-4H3. The number of methoxy groups -OCH3 is 1. The average molecular weight is 257 g/mol. The number of aryl methyl sites for hydroxylation is 1. The van der Waals surface area contributed by atoms with Crippen LogP contribution < -0.4 is 10.2 Å². The molecule has 1 aromatic heterocycles. The van der Waals surface area contributed by atoms with Gasteiger partial charge in [0, 0.05) is 32.1 Å². The highest BCUT2D eigenvalue weighted by molar-refractivity contribution is 7.15. The zero-order valence-electron chi connectivity index (χ0n) is 11.2. The van der Waals surface area contributed by atoms with Gasteiger partial charge in [0.15, 0.2) is 5.13 Å². The van der Waals surface area contributed by atoms with Crippen LogP contribution in [0.1, 0.15) is 23.9 Å². The normalized spacial score (nSPS) is 10.8. The van der Waals surface area contributed by atoms with E-state index in [-0.39, 0.29) is 0 Å². The highest BCUT2D eigenvalue weighted by Crippen LogP contribution is 2.26. The van der Waals surface area contributed by atoms with E-state index in [0.717, 1.165) is 37.7 Å². The molecule has 0 aliphatic carbocycles. The zero-order chi connectivity index (χ0) is 12.7. The van der Waals surface area contributed by atoms with Gasteiger partial charge >= 0.3 is 0 Å². The molecule has 0 saturated carbocycles. The molecule has 1 heterocycles. The Morgan fingerprint density at radius 2 is 2.24 bits per heavy atom. The summed E-state index contributed by atoms with van der Waals surface area (Å²) in [6.45, 7) is 4.72. The SMILES string of the molecule is CCCc1nc(N(C)CCOC)sc1CNC. The lowest BCUT2D eigenvalue weighted by Gasteiger charge is -2.14. The van der Waals surface area contributed by atoms with Crippen LogP contribution in [-0.2, 0) is 17.7 Å². The molecule has 0 spiro atoms. The molecule has 0 aliphatic heterocycles. The third-order valence-electron chi connectivity index (χ3n) is 2.55. The lowest BCUT2D eigenvalue weighted by atomic mass is 10.2. The number of hydrogen-bond acceptors (Lipinski definition) is 5. The third kappa shape index (κ3) is 4.26. The van der Waals surface area contributed by atoms with Gasteiger partial charge < -0.3 is 15.0 Å². The van der Waals surface area contributed by atoms with E-state index < -0.39 is 0 Å². The second-order valence-corrected chi connectivity index (χ2v) is 5.12. The largest absolute Gasteiger partial charge is 0.383 e. The number of nitrogens with one attached hydrogen (secondary N) is 1. The van der Waals surface area contributed by atoms with E-state index in [9.17, 15) is 0 Å². The molecule has 0 aromatic carbocycles. The molecule has 1 rings (SSSR count). The molecule has 0 radical (unpaired) electrons. The molecular formula is C12H23N3OS. The molecule has 0 atom stereocenters. The third-order valence-corrected chi connectivity index (χ3v) is 3.76. The van der Waals surface area contributed by atoms with Gasteiger partial charge in [-0.25, -0.2) is 4.98 Å². The Bertz CT molecular complexity index is 304. The Hall–Kier alpha value is -0.650. The summed E-state index contributed by atoms with van der Waals surface area (Å²) in [4.78, 5) is 8.23. The number of ether oxygens (including phenoxy) is 1. The van der Waals surface area contributed by atoms with Crippen molar-refractivity contribution in [2.75, 3.05) is 39.3 Å². The van der Waals surface area contributed by atoms with E-state index >= 15 is 0 Å². The highest BCUT2D eigenvalue weighted by Gasteiger charge is 2.12. The first-order chi connectivity index (χ1) is 8.22. The molecule has 0 unspecified atom stereocenters. The van der Waals surface area contributed by atoms with Crippen LogP contribution >= 0.6 is 11.3 Å². The van der Waals surface area contributed by atoms with Crippen LogP contribution in [0.25, 0.3) is 0 Å².